The average molecular weight is 413 g/mol. The average Bonchev–Trinajstić information content (AvgIpc) is 3.28. The first-order valence-corrected chi connectivity index (χ1v) is 11.0. The Morgan fingerprint density at radius 3 is 2.76 bits per heavy atom. The maximum Gasteiger partial charge on any atom is 0.249 e. The van der Waals surface area contributed by atoms with E-state index in [2.05, 4.69) is 33.0 Å². The summed E-state index contributed by atoms with van der Waals surface area (Å²) in [5, 5.41) is 7.85. The number of nitrogens with zero attached hydrogens (tertiary/aromatic N) is 3. The first-order valence-electron chi connectivity index (χ1n) is 10.0. The summed E-state index contributed by atoms with van der Waals surface area (Å²) in [4.78, 5) is 27.1. The Morgan fingerprint density at radius 2 is 2.07 bits per heavy atom. The summed E-state index contributed by atoms with van der Waals surface area (Å²) in [7, 11) is 0. The zero-order chi connectivity index (χ0) is 21.0. The molecule has 2 atom stereocenters. The summed E-state index contributed by atoms with van der Waals surface area (Å²) < 4.78 is 1.79. The van der Waals surface area contributed by atoms with E-state index in [9.17, 15) is 9.59 Å². The van der Waals surface area contributed by atoms with E-state index in [1.54, 1.807) is 21.3 Å². The summed E-state index contributed by atoms with van der Waals surface area (Å²) >= 11 is 1.70. The topological polar surface area (TPSA) is 67.2 Å². The summed E-state index contributed by atoms with van der Waals surface area (Å²) in [5.74, 6) is 1.18. The van der Waals surface area contributed by atoms with Gasteiger partial charge in [-0.15, -0.1) is 11.8 Å². The molecule has 2 aliphatic rings. The molecule has 1 aromatic heterocycles. The Morgan fingerprint density at radius 1 is 1.31 bits per heavy atom. The number of hydrogen-bond acceptors (Lipinski definition) is 4. The Labute approximate surface area is 176 Å². The lowest BCUT2D eigenvalue weighted by Gasteiger charge is -2.29. The lowest BCUT2D eigenvalue weighted by molar-refractivity contribution is -0.135. The van der Waals surface area contributed by atoms with Crippen LogP contribution in [0.15, 0.2) is 30.3 Å². The maximum atomic E-state index is 13.2. The second kappa shape index (κ2) is 6.90. The van der Waals surface area contributed by atoms with Gasteiger partial charge in [-0.3, -0.25) is 9.59 Å². The summed E-state index contributed by atoms with van der Waals surface area (Å²) in [6, 6.07) is 9.53. The van der Waals surface area contributed by atoms with Crippen LogP contribution in [0.2, 0.25) is 0 Å². The van der Waals surface area contributed by atoms with E-state index in [0.29, 0.717) is 18.0 Å². The molecule has 0 saturated carbocycles. The van der Waals surface area contributed by atoms with Crippen molar-refractivity contribution in [1.82, 2.24) is 14.7 Å². The molecule has 29 heavy (non-hydrogen) atoms. The van der Waals surface area contributed by atoms with Gasteiger partial charge in [0.2, 0.25) is 11.8 Å². The van der Waals surface area contributed by atoms with Gasteiger partial charge in [-0.2, -0.15) is 5.10 Å². The number of aromatic nitrogens is 2. The highest BCUT2D eigenvalue weighted by Gasteiger charge is 2.53. The fourth-order valence-electron chi connectivity index (χ4n) is 4.02. The monoisotopic (exact) mass is 412 g/mol. The third-order valence-corrected chi connectivity index (χ3v) is 7.23. The molecule has 3 heterocycles. The van der Waals surface area contributed by atoms with Gasteiger partial charge in [0, 0.05) is 23.7 Å². The summed E-state index contributed by atoms with van der Waals surface area (Å²) in [6.45, 7) is 10.4. The van der Waals surface area contributed by atoms with E-state index in [1.165, 1.54) is 0 Å². The molecule has 2 aliphatic heterocycles. The molecule has 0 radical (unpaired) electrons. The maximum absolute atomic E-state index is 13.2. The van der Waals surface area contributed by atoms with Gasteiger partial charge < -0.3 is 10.2 Å². The van der Waals surface area contributed by atoms with E-state index < -0.39 is 6.04 Å². The minimum Gasteiger partial charge on any atom is -0.315 e. The van der Waals surface area contributed by atoms with Crippen LogP contribution < -0.4 is 5.32 Å². The van der Waals surface area contributed by atoms with E-state index in [4.69, 9.17) is 5.10 Å². The molecule has 6 nitrogen and oxygen atoms in total. The molecule has 2 unspecified atom stereocenters. The van der Waals surface area contributed by atoms with Gasteiger partial charge in [-0.05, 0) is 38.0 Å². The smallest absolute Gasteiger partial charge is 0.249 e. The molecule has 0 spiro atoms. The second-order valence-electron chi connectivity index (χ2n) is 9.17. The van der Waals surface area contributed by atoms with Gasteiger partial charge in [0.25, 0.3) is 0 Å². The van der Waals surface area contributed by atoms with Gasteiger partial charge in [0.15, 0.2) is 0 Å². The Kier molecular flexibility index (Phi) is 4.76. The van der Waals surface area contributed by atoms with Crippen LogP contribution in [-0.4, -0.2) is 43.2 Å². The zero-order valence-corrected chi connectivity index (χ0v) is 18.5. The third kappa shape index (κ3) is 3.56. The van der Waals surface area contributed by atoms with Crippen molar-refractivity contribution >= 4 is 29.4 Å². The van der Waals surface area contributed by atoms with Gasteiger partial charge in [-0.25, -0.2) is 4.68 Å². The molecule has 2 saturated heterocycles. The van der Waals surface area contributed by atoms with E-state index in [1.807, 2.05) is 37.3 Å². The molecule has 1 N–H and O–H groups in total. The SMILES string of the molecule is Cc1cccc(-n2nc(C(C)(C)C)cc2NC(=O)C2CSC3(C)CCC(=O)N23)c1. The molecule has 1 aromatic carbocycles. The number of hydrogen-bond donors (Lipinski definition) is 1. The minimum atomic E-state index is -0.445. The van der Waals surface area contributed by atoms with Crippen LogP contribution in [0.3, 0.4) is 0 Å². The molecule has 4 rings (SSSR count). The van der Waals surface area contributed by atoms with E-state index in [-0.39, 0.29) is 22.1 Å². The van der Waals surface area contributed by atoms with Crippen molar-refractivity contribution in [2.24, 2.45) is 0 Å². The highest BCUT2D eigenvalue weighted by molar-refractivity contribution is 8.01. The van der Waals surface area contributed by atoms with Crippen molar-refractivity contribution in [3.63, 3.8) is 0 Å². The highest BCUT2D eigenvalue weighted by Crippen LogP contribution is 2.47. The number of benzene rings is 1. The van der Waals surface area contributed by atoms with Crippen LogP contribution in [0.25, 0.3) is 5.69 Å². The van der Waals surface area contributed by atoms with E-state index in [0.717, 1.165) is 23.4 Å². The number of aryl methyl sites for hydroxylation is 1. The number of nitrogens with one attached hydrogen (secondary N) is 1. The molecule has 0 bridgehead atoms. The molecule has 2 amide bonds. The molecular weight excluding hydrogens is 384 g/mol. The Balaban J connectivity index is 1.67. The first kappa shape index (κ1) is 20.0. The van der Waals surface area contributed by atoms with Gasteiger partial charge in [0.1, 0.15) is 11.9 Å². The Hall–Kier alpha value is -2.28. The van der Waals surface area contributed by atoms with Crippen molar-refractivity contribution in [3.8, 4) is 5.69 Å². The second-order valence-corrected chi connectivity index (χ2v) is 10.7. The molecular formula is C22H28N4O2S. The van der Waals surface area contributed by atoms with E-state index >= 15 is 0 Å². The number of carbonyl (C=O) groups is 2. The molecule has 7 heteroatoms. The minimum absolute atomic E-state index is 0.0697. The zero-order valence-electron chi connectivity index (χ0n) is 17.7. The standard InChI is InChI=1S/C22H28N4O2S/c1-14-7-6-8-15(11-14)26-18(12-17(24-26)21(2,3)4)23-20(28)16-13-29-22(5)10-9-19(27)25(16)22/h6-8,11-12,16H,9-10,13H2,1-5H3,(H,23,28). The van der Waals surface area contributed by atoms with Crippen molar-refractivity contribution < 1.29 is 9.59 Å². The summed E-state index contributed by atoms with van der Waals surface area (Å²) in [6.07, 6.45) is 1.32. The van der Waals surface area contributed by atoms with Crippen LogP contribution in [-0.2, 0) is 15.0 Å². The van der Waals surface area contributed by atoms with Crippen LogP contribution in [0.5, 0.6) is 0 Å². The predicted octanol–water partition coefficient (Wildman–Crippen LogP) is 3.87. The predicted molar refractivity (Wildman–Crippen MR) is 116 cm³/mol. The number of amides is 2. The lowest BCUT2D eigenvalue weighted by Crippen LogP contribution is -2.48. The largest absolute Gasteiger partial charge is 0.315 e. The number of fused-ring (bicyclic) bond motifs is 1. The van der Waals surface area contributed by atoms with Crippen molar-refractivity contribution in [1.29, 1.82) is 0 Å². The Bertz CT molecular complexity index is 977. The van der Waals surface area contributed by atoms with Gasteiger partial charge in [0.05, 0.1) is 16.3 Å². The highest BCUT2D eigenvalue weighted by atomic mass is 32.2. The number of thioether (sulfide) groups is 1. The first-order chi connectivity index (χ1) is 13.6. The van der Waals surface area contributed by atoms with Crippen LogP contribution >= 0.6 is 11.8 Å². The lowest BCUT2D eigenvalue weighted by atomic mass is 9.92. The van der Waals surface area contributed by atoms with Gasteiger partial charge >= 0.3 is 0 Å². The molecule has 2 aromatic rings. The third-order valence-electron chi connectivity index (χ3n) is 5.72. The number of rotatable bonds is 3. The molecule has 2 fully saturated rings. The van der Waals surface area contributed by atoms with Crippen molar-refractivity contribution in [2.45, 2.75) is 63.8 Å². The number of anilines is 1. The molecule has 0 aliphatic carbocycles. The number of carbonyl (C=O) groups excluding carboxylic acids is 2. The van der Waals surface area contributed by atoms with Crippen molar-refractivity contribution in [3.05, 3.63) is 41.6 Å². The van der Waals surface area contributed by atoms with Gasteiger partial charge in [-0.1, -0.05) is 32.9 Å². The van der Waals surface area contributed by atoms with Crippen LogP contribution in [0, 0.1) is 6.92 Å². The van der Waals surface area contributed by atoms with Crippen molar-refractivity contribution in [2.75, 3.05) is 11.1 Å². The molecule has 154 valence electrons. The van der Waals surface area contributed by atoms with Crippen LogP contribution in [0.4, 0.5) is 5.82 Å². The van der Waals surface area contributed by atoms with Crippen LogP contribution in [0.1, 0.15) is 51.8 Å². The normalized spacial score (nSPS) is 24.1. The fraction of sp³-hybridized carbons (Fsp3) is 0.500. The quantitative estimate of drug-likeness (QED) is 0.831. The summed E-state index contributed by atoms with van der Waals surface area (Å²) in [5.41, 5.74) is 2.77. The fourth-order valence-corrected chi connectivity index (χ4v) is 5.45.